The van der Waals surface area contributed by atoms with Gasteiger partial charge in [0.25, 0.3) is 0 Å². The Morgan fingerprint density at radius 2 is 1.87 bits per heavy atom. The molecule has 7 nitrogen and oxygen atoms in total. The van der Waals surface area contributed by atoms with E-state index < -0.39 is 0 Å². The number of H-pyrrole nitrogens is 1. The van der Waals surface area contributed by atoms with Crippen LogP contribution in [0.4, 0.5) is 0 Å². The molecule has 2 bridgehead atoms. The van der Waals surface area contributed by atoms with Gasteiger partial charge in [-0.25, -0.2) is 4.98 Å². The number of rotatable bonds is 4. The second-order valence-electron chi connectivity index (χ2n) is 8.14. The Morgan fingerprint density at radius 3 is 2.63 bits per heavy atom. The second-order valence-corrected chi connectivity index (χ2v) is 8.99. The van der Waals surface area contributed by atoms with E-state index in [1.807, 2.05) is 30.0 Å². The summed E-state index contributed by atoms with van der Waals surface area (Å²) < 4.78 is 7.29. The zero-order chi connectivity index (χ0) is 19.9. The van der Waals surface area contributed by atoms with Crippen LogP contribution in [0.25, 0.3) is 32.6 Å². The minimum Gasteiger partial charge on any atom is -0.473 e. The van der Waals surface area contributed by atoms with E-state index in [2.05, 4.69) is 42.8 Å². The number of nitrogens with zero attached hydrogens (tertiary/aromatic N) is 4. The fourth-order valence-electron chi connectivity index (χ4n) is 4.79. The number of thiazole rings is 1. The Hall–Kier alpha value is -2.84. The van der Waals surface area contributed by atoms with E-state index in [4.69, 9.17) is 4.74 Å². The van der Waals surface area contributed by atoms with Crippen LogP contribution in [-0.2, 0) is 0 Å². The molecule has 0 aliphatic carbocycles. The SMILES string of the molecule is c1nc2c(-c3cn[nH]c3)ccc(-c3ccc(OC4C[C@@H]5CCC[C@@H](C4)N5)nn3)c2s1. The van der Waals surface area contributed by atoms with Crippen LogP contribution in [0.3, 0.4) is 0 Å². The smallest absolute Gasteiger partial charge is 0.233 e. The van der Waals surface area contributed by atoms with E-state index in [0.717, 1.165) is 45.4 Å². The quantitative estimate of drug-likeness (QED) is 0.516. The second kappa shape index (κ2) is 7.45. The Kier molecular flexibility index (Phi) is 4.46. The molecule has 152 valence electrons. The third-order valence-electron chi connectivity index (χ3n) is 6.17. The fourth-order valence-corrected chi connectivity index (χ4v) is 5.63. The zero-order valence-electron chi connectivity index (χ0n) is 16.4. The molecule has 2 aliphatic rings. The van der Waals surface area contributed by atoms with E-state index in [9.17, 15) is 0 Å². The van der Waals surface area contributed by atoms with Gasteiger partial charge in [-0.1, -0.05) is 18.6 Å². The summed E-state index contributed by atoms with van der Waals surface area (Å²) in [6, 6.07) is 9.27. The first-order valence-corrected chi connectivity index (χ1v) is 11.3. The Bertz CT molecular complexity index is 1140. The zero-order valence-corrected chi connectivity index (χ0v) is 17.2. The first-order chi connectivity index (χ1) is 14.8. The average Bonchev–Trinajstić information content (AvgIpc) is 3.46. The van der Waals surface area contributed by atoms with Gasteiger partial charge in [0.15, 0.2) is 0 Å². The maximum absolute atomic E-state index is 6.19. The van der Waals surface area contributed by atoms with Gasteiger partial charge in [0.05, 0.1) is 27.6 Å². The fraction of sp³-hybridized carbons (Fsp3) is 0.364. The van der Waals surface area contributed by atoms with Crippen LogP contribution in [0.5, 0.6) is 5.88 Å². The van der Waals surface area contributed by atoms with Crippen molar-refractivity contribution in [2.24, 2.45) is 0 Å². The maximum Gasteiger partial charge on any atom is 0.233 e. The summed E-state index contributed by atoms with van der Waals surface area (Å²) in [5.74, 6) is 0.610. The average molecular weight is 419 g/mol. The van der Waals surface area contributed by atoms with Gasteiger partial charge in [0.2, 0.25) is 5.88 Å². The first kappa shape index (κ1) is 18.0. The molecule has 0 spiro atoms. The van der Waals surface area contributed by atoms with Crippen molar-refractivity contribution in [3.05, 3.63) is 42.2 Å². The lowest BCUT2D eigenvalue weighted by Gasteiger charge is -2.39. The normalized spacial score (nSPS) is 23.5. The minimum atomic E-state index is 0.226. The predicted molar refractivity (Wildman–Crippen MR) is 116 cm³/mol. The number of aromatic amines is 1. The number of benzene rings is 1. The van der Waals surface area contributed by atoms with Crippen molar-refractivity contribution in [1.82, 2.24) is 30.7 Å². The van der Waals surface area contributed by atoms with Crippen molar-refractivity contribution >= 4 is 21.6 Å². The Labute approximate surface area is 177 Å². The van der Waals surface area contributed by atoms with Crippen LogP contribution in [0.1, 0.15) is 32.1 Å². The molecule has 30 heavy (non-hydrogen) atoms. The number of ether oxygens (including phenoxy) is 1. The van der Waals surface area contributed by atoms with Gasteiger partial charge in [-0.2, -0.15) is 5.10 Å². The molecular weight excluding hydrogens is 396 g/mol. The molecule has 0 unspecified atom stereocenters. The molecule has 3 aromatic heterocycles. The van der Waals surface area contributed by atoms with Crippen molar-refractivity contribution < 1.29 is 4.74 Å². The molecule has 5 heterocycles. The molecule has 2 fully saturated rings. The minimum absolute atomic E-state index is 0.226. The first-order valence-electron chi connectivity index (χ1n) is 10.5. The van der Waals surface area contributed by atoms with E-state index in [1.165, 1.54) is 19.3 Å². The van der Waals surface area contributed by atoms with Gasteiger partial charge in [-0.05, 0) is 31.7 Å². The largest absolute Gasteiger partial charge is 0.473 e. The summed E-state index contributed by atoms with van der Waals surface area (Å²) in [6.45, 7) is 0. The molecule has 4 aromatic rings. The summed E-state index contributed by atoms with van der Waals surface area (Å²) in [7, 11) is 0. The molecule has 2 aliphatic heterocycles. The lowest BCUT2D eigenvalue weighted by atomic mass is 9.85. The Morgan fingerprint density at radius 1 is 1.00 bits per heavy atom. The van der Waals surface area contributed by atoms with Crippen molar-refractivity contribution in [2.45, 2.75) is 50.3 Å². The predicted octanol–water partition coefficient (Wildman–Crippen LogP) is 4.20. The number of aromatic nitrogens is 5. The molecule has 6 rings (SSSR count). The Balaban J connectivity index is 1.25. The van der Waals surface area contributed by atoms with E-state index in [-0.39, 0.29) is 6.10 Å². The molecule has 0 saturated carbocycles. The van der Waals surface area contributed by atoms with Crippen LogP contribution in [-0.4, -0.2) is 43.6 Å². The molecule has 1 aromatic carbocycles. The van der Waals surface area contributed by atoms with Gasteiger partial charge < -0.3 is 10.1 Å². The highest BCUT2D eigenvalue weighted by atomic mass is 32.1. The highest BCUT2D eigenvalue weighted by Crippen LogP contribution is 2.36. The van der Waals surface area contributed by atoms with Crippen molar-refractivity contribution in [3.8, 4) is 28.3 Å². The topological polar surface area (TPSA) is 88.6 Å². The van der Waals surface area contributed by atoms with E-state index >= 15 is 0 Å². The summed E-state index contributed by atoms with van der Waals surface area (Å²) >= 11 is 1.61. The van der Waals surface area contributed by atoms with Gasteiger partial charge in [0.1, 0.15) is 6.10 Å². The molecule has 0 radical (unpaired) electrons. The van der Waals surface area contributed by atoms with Crippen LogP contribution in [0, 0.1) is 0 Å². The summed E-state index contributed by atoms with van der Waals surface area (Å²) in [4.78, 5) is 4.58. The lowest BCUT2D eigenvalue weighted by Crippen LogP contribution is -2.51. The molecule has 2 N–H and O–H groups in total. The number of fused-ring (bicyclic) bond motifs is 3. The molecule has 2 atom stereocenters. The lowest BCUT2D eigenvalue weighted by molar-refractivity contribution is 0.0881. The van der Waals surface area contributed by atoms with Crippen LogP contribution in [0.2, 0.25) is 0 Å². The number of piperidine rings is 2. The molecule has 8 heteroatoms. The van der Waals surface area contributed by atoms with E-state index in [0.29, 0.717) is 18.0 Å². The molecular formula is C22H22N6OS. The standard InChI is InChI=1S/C22H22N6OS/c1-2-14-8-16(9-15(3-1)26-14)29-20-7-6-19(27-28-20)18-5-4-17(13-10-24-25-11-13)21-22(18)30-12-23-21/h4-7,10-12,14-16,26H,1-3,8-9H2,(H,24,25)/t14-,15-/m0/s1. The van der Waals surface area contributed by atoms with Crippen LogP contribution < -0.4 is 10.1 Å². The monoisotopic (exact) mass is 418 g/mol. The van der Waals surface area contributed by atoms with Crippen LogP contribution in [0.15, 0.2) is 42.2 Å². The summed E-state index contributed by atoms with van der Waals surface area (Å²) in [5, 5.41) is 19.5. The maximum atomic E-state index is 6.19. The number of hydrogen-bond acceptors (Lipinski definition) is 7. The molecule has 2 saturated heterocycles. The van der Waals surface area contributed by atoms with E-state index in [1.54, 1.807) is 11.3 Å². The van der Waals surface area contributed by atoms with Crippen molar-refractivity contribution in [1.29, 1.82) is 0 Å². The third kappa shape index (κ3) is 3.26. The van der Waals surface area contributed by atoms with Gasteiger partial charge in [-0.3, -0.25) is 5.10 Å². The number of nitrogens with one attached hydrogen (secondary N) is 2. The number of hydrogen-bond donors (Lipinski definition) is 2. The summed E-state index contributed by atoms with van der Waals surface area (Å²) in [6.07, 6.45) is 9.86. The third-order valence-corrected chi connectivity index (χ3v) is 7.03. The highest BCUT2D eigenvalue weighted by Gasteiger charge is 2.32. The van der Waals surface area contributed by atoms with Gasteiger partial charge >= 0.3 is 0 Å². The molecule has 0 amide bonds. The van der Waals surface area contributed by atoms with Crippen molar-refractivity contribution in [3.63, 3.8) is 0 Å². The summed E-state index contributed by atoms with van der Waals surface area (Å²) in [5.41, 5.74) is 6.79. The van der Waals surface area contributed by atoms with Crippen molar-refractivity contribution in [2.75, 3.05) is 0 Å². The highest BCUT2D eigenvalue weighted by molar-refractivity contribution is 7.17. The van der Waals surface area contributed by atoms with Crippen LogP contribution >= 0.6 is 11.3 Å². The van der Waals surface area contributed by atoms with Gasteiger partial charge in [-0.15, -0.1) is 21.5 Å². The van der Waals surface area contributed by atoms with Gasteiger partial charge in [0, 0.05) is 41.0 Å².